The summed E-state index contributed by atoms with van der Waals surface area (Å²) in [4.78, 5) is 12.9. The molecule has 1 aliphatic rings. The Hall–Kier alpha value is -1.44. The fraction of sp³-hybridized carbons (Fsp3) is 0.647. The van der Waals surface area contributed by atoms with Gasteiger partial charge in [0, 0.05) is 26.1 Å². The van der Waals surface area contributed by atoms with Crippen LogP contribution in [0.25, 0.3) is 0 Å². The third kappa shape index (κ3) is 3.79. The zero-order chi connectivity index (χ0) is 18.1. The molecule has 0 unspecified atom stereocenters. The molecule has 0 amide bonds. The predicted molar refractivity (Wildman–Crippen MR) is 97.9 cm³/mol. The third-order valence-corrected chi connectivity index (χ3v) is 9.67. The Labute approximate surface area is 145 Å². The second-order valence-electron chi connectivity index (χ2n) is 7.82. The summed E-state index contributed by atoms with van der Waals surface area (Å²) in [5.74, 6) is 0. The van der Waals surface area contributed by atoms with Gasteiger partial charge in [-0.3, -0.25) is 10.1 Å². The van der Waals surface area contributed by atoms with Crippen LogP contribution in [0.5, 0.6) is 0 Å². The highest BCUT2D eigenvalue weighted by Gasteiger charge is 2.43. The summed E-state index contributed by atoms with van der Waals surface area (Å²) in [5.41, 5.74) is 0.697. The summed E-state index contributed by atoms with van der Waals surface area (Å²) in [6.07, 6.45) is 0.534. The van der Waals surface area contributed by atoms with Crippen LogP contribution in [0, 0.1) is 10.1 Å². The van der Waals surface area contributed by atoms with Gasteiger partial charge in [0.15, 0.2) is 8.32 Å². The lowest BCUT2D eigenvalue weighted by atomic mass is 10.2. The summed E-state index contributed by atoms with van der Waals surface area (Å²) in [5, 5.41) is 11.5. The fourth-order valence-corrected chi connectivity index (χ4v) is 4.14. The average Bonchev–Trinajstić information content (AvgIpc) is 2.88. The number of anilines is 1. The fourth-order valence-electron chi connectivity index (χ4n) is 2.78. The Balaban J connectivity index is 2.23. The molecule has 1 aromatic rings. The molecule has 134 valence electrons. The first kappa shape index (κ1) is 18.9. The van der Waals surface area contributed by atoms with Crippen LogP contribution in [0.15, 0.2) is 24.3 Å². The predicted octanol–water partition coefficient (Wildman–Crippen LogP) is 4.17. The Morgan fingerprint density at radius 2 is 1.92 bits per heavy atom. The van der Waals surface area contributed by atoms with Crippen LogP contribution in [0.1, 0.15) is 27.2 Å². The molecule has 0 aliphatic carbocycles. The van der Waals surface area contributed by atoms with E-state index in [1.54, 1.807) is 19.2 Å². The van der Waals surface area contributed by atoms with Gasteiger partial charge in [0.2, 0.25) is 0 Å². The van der Waals surface area contributed by atoms with Crippen LogP contribution in [0.4, 0.5) is 11.4 Å². The summed E-state index contributed by atoms with van der Waals surface area (Å²) in [6.45, 7) is 11.7. The zero-order valence-corrected chi connectivity index (χ0v) is 16.4. The lowest BCUT2D eigenvalue weighted by Gasteiger charge is -2.38. The van der Waals surface area contributed by atoms with Crippen LogP contribution < -0.4 is 4.90 Å². The van der Waals surface area contributed by atoms with E-state index in [4.69, 9.17) is 9.16 Å². The van der Waals surface area contributed by atoms with E-state index in [9.17, 15) is 10.1 Å². The number of methoxy groups -OCH3 is 1. The highest BCUT2D eigenvalue weighted by Crippen LogP contribution is 2.40. The molecule has 0 aromatic heterocycles. The van der Waals surface area contributed by atoms with Crippen LogP contribution in [0.2, 0.25) is 18.1 Å². The first-order chi connectivity index (χ1) is 11.1. The Kier molecular flexibility index (Phi) is 5.36. The van der Waals surface area contributed by atoms with Crippen molar-refractivity contribution in [2.24, 2.45) is 0 Å². The monoisotopic (exact) mass is 352 g/mol. The molecule has 1 heterocycles. The molecule has 0 spiro atoms. The van der Waals surface area contributed by atoms with Crippen molar-refractivity contribution in [2.75, 3.05) is 18.6 Å². The van der Waals surface area contributed by atoms with Gasteiger partial charge in [0.1, 0.15) is 11.9 Å². The maximum Gasteiger partial charge on any atom is 0.292 e. The van der Waals surface area contributed by atoms with Gasteiger partial charge < -0.3 is 14.1 Å². The van der Waals surface area contributed by atoms with Gasteiger partial charge in [-0.05, 0) is 24.2 Å². The van der Waals surface area contributed by atoms with Crippen molar-refractivity contribution in [2.45, 2.75) is 57.7 Å². The molecule has 2 rings (SSSR count). The first-order valence-corrected chi connectivity index (χ1v) is 11.2. The van der Waals surface area contributed by atoms with Gasteiger partial charge in [-0.1, -0.05) is 32.9 Å². The summed E-state index contributed by atoms with van der Waals surface area (Å²) in [6, 6.07) is 6.81. The summed E-state index contributed by atoms with van der Waals surface area (Å²) < 4.78 is 12.1. The van der Waals surface area contributed by atoms with Crippen LogP contribution in [-0.2, 0) is 9.16 Å². The summed E-state index contributed by atoms with van der Waals surface area (Å²) in [7, 11) is -0.254. The van der Waals surface area contributed by atoms with Gasteiger partial charge >= 0.3 is 0 Å². The third-order valence-electron chi connectivity index (χ3n) is 5.14. The highest BCUT2D eigenvalue weighted by molar-refractivity contribution is 6.74. The molecule has 2 atom stereocenters. The average molecular weight is 353 g/mol. The number of nitrogens with zero attached hydrogens (tertiary/aromatic N) is 2. The van der Waals surface area contributed by atoms with Crippen molar-refractivity contribution >= 4 is 19.7 Å². The number of nitro groups is 1. The van der Waals surface area contributed by atoms with Crippen molar-refractivity contribution in [3.05, 3.63) is 34.4 Å². The van der Waals surface area contributed by atoms with Gasteiger partial charge in [-0.2, -0.15) is 0 Å². The normalized spacial score (nSPS) is 22.0. The maximum absolute atomic E-state index is 11.3. The Bertz CT molecular complexity index is 600. The van der Waals surface area contributed by atoms with E-state index in [0.29, 0.717) is 12.2 Å². The van der Waals surface area contributed by atoms with E-state index in [2.05, 4.69) is 33.9 Å². The molecule has 1 saturated heterocycles. The smallest absolute Gasteiger partial charge is 0.292 e. The molecular formula is C17H28N2O4Si. The number of hydrogen-bond acceptors (Lipinski definition) is 5. The maximum atomic E-state index is 11.3. The molecular weight excluding hydrogens is 324 g/mol. The van der Waals surface area contributed by atoms with Gasteiger partial charge in [-0.25, -0.2) is 0 Å². The molecule has 0 N–H and O–H groups in total. The van der Waals surface area contributed by atoms with E-state index < -0.39 is 8.32 Å². The van der Waals surface area contributed by atoms with E-state index in [1.807, 2.05) is 11.0 Å². The number of para-hydroxylation sites is 2. The minimum absolute atomic E-state index is 0.0238. The molecule has 7 heteroatoms. The number of nitro benzene ring substituents is 1. The number of ether oxygens (including phenoxy) is 1. The lowest BCUT2D eigenvalue weighted by Crippen LogP contribution is -2.44. The van der Waals surface area contributed by atoms with Crippen molar-refractivity contribution in [3.63, 3.8) is 0 Å². The molecule has 24 heavy (non-hydrogen) atoms. The molecule has 1 aliphatic heterocycles. The van der Waals surface area contributed by atoms with Crippen molar-refractivity contribution in [3.8, 4) is 0 Å². The second kappa shape index (κ2) is 6.82. The number of rotatable bonds is 5. The Morgan fingerprint density at radius 1 is 1.29 bits per heavy atom. The lowest BCUT2D eigenvalue weighted by molar-refractivity contribution is -0.384. The highest BCUT2D eigenvalue weighted by atomic mass is 28.4. The van der Waals surface area contributed by atoms with E-state index in [-0.39, 0.29) is 28.0 Å². The molecule has 0 bridgehead atoms. The number of hydrogen-bond donors (Lipinski definition) is 0. The van der Waals surface area contributed by atoms with E-state index >= 15 is 0 Å². The van der Waals surface area contributed by atoms with Crippen LogP contribution in [0.3, 0.4) is 0 Å². The topological polar surface area (TPSA) is 64.8 Å². The SMILES string of the molecule is CO[C@@H]1C[C@@H](O[Si](C)(C)C(C)(C)C)CN1c1ccccc1[N+](=O)[O-]. The van der Waals surface area contributed by atoms with Crippen molar-refractivity contribution < 1.29 is 14.1 Å². The van der Waals surface area contributed by atoms with Gasteiger partial charge in [-0.15, -0.1) is 0 Å². The molecule has 6 nitrogen and oxygen atoms in total. The van der Waals surface area contributed by atoms with Crippen molar-refractivity contribution in [1.29, 1.82) is 0 Å². The van der Waals surface area contributed by atoms with Crippen LogP contribution >= 0.6 is 0 Å². The molecule has 0 radical (unpaired) electrons. The minimum atomic E-state index is -1.89. The molecule has 1 aromatic carbocycles. The van der Waals surface area contributed by atoms with Crippen LogP contribution in [-0.4, -0.2) is 39.2 Å². The standard InChI is InChI=1S/C17H28N2O4Si/c1-17(2,3)24(5,6)23-13-11-16(22-4)18(12-13)14-9-7-8-10-15(14)19(20)21/h7-10,13,16H,11-12H2,1-6H3/t13-,16-/m1/s1. The van der Waals surface area contributed by atoms with Crippen molar-refractivity contribution in [1.82, 2.24) is 0 Å². The largest absolute Gasteiger partial charge is 0.412 e. The minimum Gasteiger partial charge on any atom is -0.412 e. The zero-order valence-electron chi connectivity index (χ0n) is 15.4. The van der Waals surface area contributed by atoms with Gasteiger partial charge in [0.25, 0.3) is 5.69 Å². The first-order valence-electron chi connectivity index (χ1n) is 8.27. The quantitative estimate of drug-likeness (QED) is 0.452. The Morgan fingerprint density at radius 3 is 2.46 bits per heavy atom. The van der Waals surface area contributed by atoms with Gasteiger partial charge in [0.05, 0.1) is 11.0 Å². The molecule has 1 fully saturated rings. The summed E-state index contributed by atoms with van der Waals surface area (Å²) >= 11 is 0. The number of benzene rings is 1. The second-order valence-corrected chi connectivity index (χ2v) is 12.6. The van der Waals surface area contributed by atoms with E-state index in [0.717, 1.165) is 6.42 Å². The van der Waals surface area contributed by atoms with E-state index in [1.165, 1.54) is 6.07 Å². The molecule has 0 saturated carbocycles.